The number of hydrogen-bond donors (Lipinski definition) is 1. The Morgan fingerprint density at radius 3 is 2.81 bits per heavy atom. The fourth-order valence-electron chi connectivity index (χ4n) is 1.60. The molecule has 0 bridgehead atoms. The molecule has 0 radical (unpaired) electrons. The van der Waals surface area contributed by atoms with Crippen molar-refractivity contribution in [3.63, 3.8) is 0 Å². The number of likely N-dealkylation sites (tertiary alicyclic amines) is 1. The van der Waals surface area contributed by atoms with Gasteiger partial charge in [0.2, 0.25) is 5.91 Å². The molecule has 1 saturated heterocycles. The molecule has 1 fully saturated rings. The second-order valence-electron chi connectivity index (χ2n) is 4.41. The topological polar surface area (TPSA) is 32.3 Å². The first-order valence-electron chi connectivity index (χ1n) is 5.46. The molecule has 16 heavy (non-hydrogen) atoms. The van der Waals surface area contributed by atoms with Gasteiger partial charge in [0.25, 0.3) is 5.92 Å². The molecule has 1 N–H and O–H groups in total. The maximum Gasteiger partial charge on any atom is 0.261 e. The molecule has 0 saturated carbocycles. The summed E-state index contributed by atoms with van der Waals surface area (Å²) < 4.78 is 25.6. The molecule has 0 aliphatic carbocycles. The Morgan fingerprint density at radius 1 is 1.62 bits per heavy atom. The van der Waals surface area contributed by atoms with Gasteiger partial charge in [-0.25, -0.2) is 8.78 Å². The first kappa shape index (κ1) is 13.1. The van der Waals surface area contributed by atoms with Gasteiger partial charge in [0.05, 0.1) is 6.54 Å². The van der Waals surface area contributed by atoms with Gasteiger partial charge in [0, 0.05) is 33.1 Å². The normalized spacial score (nSPS) is 20.8. The lowest BCUT2D eigenvalue weighted by Crippen LogP contribution is -2.29. The van der Waals surface area contributed by atoms with Crippen molar-refractivity contribution in [3.05, 3.63) is 12.2 Å². The van der Waals surface area contributed by atoms with Gasteiger partial charge in [-0.15, -0.1) is 0 Å². The van der Waals surface area contributed by atoms with Gasteiger partial charge in [-0.05, 0) is 13.8 Å². The van der Waals surface area contributed by atoms with Gasteiger partial charge in [0.15, 0.2) is 0 Å². The quantitative estimate of drug-likeness (QED) is 0.750. The third-order valence-corrected chi connectivity index (χ3v) is 2.31. The third kappa shape index (κ3) is 4.70. The van der Waals surface area contributed by atoms with Gasteiger partial charge in [-0.3, -0.25) is 9.69 Å². The smallest absolute Gasteiger partial charge is 0.261 e. The second-order valence-corrected chi connectivity index (χ2v) is 4.41. The Kier molecular flexibility index (Phi) is 4.41. The van der Waals surface area contributed by atoms with E-state index >= 15 is 0 Å². The minimum Gasteiger partial charge on any atom is -0.350 e. The molecule has 0 aromatic heterocycles. The van der Waals surface area contributed by atoms with Gasteiger partial charge in [-0.1, -0.05) is 6.08 Å². The molecule has 0 aromatic carbocycles. The Balaban J connectivity index is 0.00000256. The van der Waals surface area contributed by atoms with Crippen LogP contribution in [0.5, 0.6) is 0 Å². The van der Waals surface area contributed by atoms with Crippen molar-refractivity contribution in [1.29, 1.82) is 0 Å². The van der Waals surface area contributed by atoms with E-state index in [0.29, 0.717) is 13.1 Å². The fraction of sp³-hybridized carbons (Fsp3) is 0.727. The molecule has 1 amide bonds. The lowest BCUT2D eigenvalue weighted by molar-refractivity contribution is -0.116. The van der Waals surface area contributed by atoms with Crippen LogP contribution in [0.15, 0.2) is 12.2 Å². The highest BCUT2D eigenvalue weighted by atomic mass is 19.3. The third-order valence-electron chi connectivity index (χ3n) is 2.31. The molecule has 0 unspecified atom stereocenters. The average molecular weight is 234 g/mol. The van der Waals surface area contributed by atoms with E-state index in [-0.39, 0.29) is 26.3 Å². The first-order valence-corrected chi connectivity index (χ1v) is 5.46. The van der Waals surface area contributed by atoms with Crippen LogP contribution in [-0.4, -0.2) is 42.4 Å². The van der Waals surface area contributed by atoms with Crippen LogP contribution in [0.1, 0.15) is 21.7 Å². The number of nitrogens with one attached hydrogen (secondary N) is 1. The summed E-state index contributed by atoms with van der Waals surface area (Å²) in [4.78, 5) is 12.8. The first-order chi connectivity index (χ1) is 7.39. The summed E-state index contributed by atoms with van der Waals surface area (Å²) >= 11 is 0. The van der Waals surface area contributed by atoms with E-state index in [1.165, 1.54) is 6.08 Å². The molecule has 3 nitrogen and oxygen atoms in total. The lowest BCUT2D eigenvalue weighted by Gasteiger charge is -2.12. The zero-order valence-corrected chi connectivity index (χ0v) is 9.67. The maximum absolute atomic E-state index is 12.8. The maximum atomic E-state index is 12.8. The number of nitrogens with zero attached hydrogens (tertiary/aromatic N) is 1. The molecule has 1 rings (SSSR count). The Morgan fingerprint density at radius 2 is 2.31 bits per heavy atom. The molecule has 94 valence electrons. The van der Waals surface area contributed by atoms with E-state index in [4.69, 9.17) is 0 Å². The zero-order valence-electron chi connectivity index (χ0n) is 9.67. The lowest BCUT2D eigenvalue weighted by atomic mass is 10.3. The van der Waals surface area contributed by atoms with Crippen molar-refractivity contribution >= 4 is 5.91 Å². The Labute approximate surface area is 96.0 Å². The highest BCUT2D eigenvalue weighted by molar-refractivity contribution is 5.87. The van der Waals surface area contributed by atoms with Crippen molar-refractivity contribution in [2.45, 2.75) is 32.2 Å². The minimum atomic E-state index is -2.56. The fourth-order valence-corrected chi connectivity index (χ4v) is 1.60. The number of hydrogen-bond acceptors (Lipinski definition) is 2. The summed E-state index contributed by atoms with van der Waals surface area (Å²) in [6, 6.07) is 0.0910. The number of carbonyl (C=O) groups excluding carboxylic acids is 1. The summed E-state index contributed by atoms with van der Waals surface area (Å²) in [6.45, 7) is 4.33. The van der Waals surface area contributed by atoms with Crippen LogP contribution in [-0.2, 0) is 4.79 Å². The van der Waals surface area contributed by atoms with Crippen molar-refractivity contribution in [2.24, 2.45) is 0 Å². The molecule has 0 atom stereocenters. The summed E-state index contributed by atoms with van der Waals surface area (Å²) in [7, 11) is 0. The minimum absolute atomic E-state index is 0. The number of halogens is 2. The SMILES string of the molecule is CC(C)NC(=O)/C=C/CN1CCC(F)(F)C1.[HH]. The zero-order chi connectivity index (χ0) is 12.2. The molecule has 0 aromatic rings. The van der Waals surface area contributed by atoms with Crippen LogP contribution in [0.25, 0.3) is 0 Å². The van der Waals surface area contributed by atoms with Crippen LogP contribution < -0.4 is 5.32 Å². The standard InChI is InChI=1S/C11H18F2N2O.H2/c1-9(2)14-10(16)4-3-6-15-7-5-11(12,13)8-15;/h3-4,9H,5-8H2,1-2H3,(H,14,16);1H/b4-3+;. The van der Waals surface area contributed by atoms with E-state index in [0.717, 1.165) is 0 Å². The number of carbonyl (C=O) groups is 1. The highest BCUT2D eigenvalue weighted by Crippen LogP contribution is 2.26. The van der Waals surface area contributed by atoms with Gasteiger partial charge < -0.3 is 5.32 Å². The largest absolute Gasteiger partial charge is 0.350 e. The summed E-state index contributed by atoms with van der Waals surface area (Å²) in [5.41, 5.74) is 0. The molecule has 1 heterocycles. The van der Waals surface area contributed by atoms with Crippen molar-refractivity contribution in [3.8, 4) is 0 Å². The van der Waals surface area contributed by atoms with Crippen LogP contribution in [0.2, 0.25) is 0 Å². The van der Waals surface area contributed by atoms with Crippen LogP contribution >= 0.6 is 0 Å². The van der Waals surface area contributed by atoms with Crippen molar-refractivity contribution in [2.75, 3.05) is 19.6 Å². The molecule has 0 spiro atoms. The van der Waals surface area contributed by atoms with E-state index in [1.54, 1.807) is 11.0 Å². The van der Waals surface area contributed by atoms with Gasteiger partial charge >= 0.3 is 0 Å². The summed E-state index contributed by atoms with van der Waals surface area (Å²) in [6.07, 6.45) is 2.94. The molecular formula is C11H20F2N2O. The monoisotopic (exact) mass is 234 g/mol. The molecule has 5 heteroatoms. The predicted molar refractivity (Wildman–Crippen MR) is 60.5 cm³/mol. The van der Waals surface area contributed by atoms with Crippen molar-refractivity contribution < 1.29 is 15.0 Å². The number of amides is 1. The van der Waals surface area contributed by atoms with Gasteiger partial charge in [0.1, 0.15) is 0 Å². The van der Waals surface area contributed by atoms with Gasteiger partial charge in [-0.2, -0.15) is 0 Å². The second kappa shape index (κ2) is 5.39. The Hall–Kier alpha value is -0.970. The van der Waals surface area contributed by atoms with Crippen LogP contribution in [0.4, 0.5) is 8.78 Å². The van der Waals surface area contributed by atoms with E-state index in [9.17, 15) is 13.6 Å². The summed E-state index contributed by atoms with van der Waals surface area (Å²) in [5, 5.41) is 2.69. The van der Waals surface area contributed by atoms with Crippen molar-refractivity contribution in [1.82, 2.24) is 10.2 Å². The number of alkyl halides is 2. The van der Waals surface area contributed by atoms with E-state index in [2.05, 4.69) is 5.32 Å². The predicted octanol–water partition coefficient (Wildman–Crippen LogP) is 1.65. The van der Waals surface area contributed by atoms with Crippen LogP contribution in [0.3, 0.4) is 0 Å². The average Bonchev–Trinajstić information content (AvgIpc) is 2.44. The van der Waals surface area contributed by atoms with Crippen LogP contribution in [0, 0.1) is 0 Å². The van der Waals surface area contributed by atoms with E-state index < -0.39 is 5.92 Å². The molecule has 1 aliphatic heterocycles. The highest BCUT2D eigenvalue weighted by Gasteiger charge is 2.37. The van der Waals surface area contributed by atoms with E-state index in [1.807, 2.05) is 13.8 Å². The molecular weight excluding hydrogens is 214 g/mol. The molecule has 1 aliphatic rings. The number of rotatable bonds is 4. The summed E-state index contributed by atoms with van der Waals surface area (Å²) in [5.74, 6) is -2.74. The Bertz CT molecular complexity index is 283.